The Morgan fingerprint density at radius 1 is 0.677 bits per heavy atom. The summed E-state index contributed by atoms with van der Waals surface area (Å²) in [6.45, 7) is 14.1. The lowest BCUT2D eigenvalue weighted by Gasteiger charge is -2.29. The summed E-state index contributed by atoms with van der Waals surface area (Å²) >= 11 is 5.91. The van der Waals surface area contributed by atoms with Crippen LogP contribution in [0.15, 0.2) is 173 Å². The van der Waals surface area contributed by atoms with Gasteiger partial charge in [0.25, 0.3) is 0 Å². The highest BCUT2D eigenvalue weighted by molar-refractivity contribution is 8.08. The van der Waals surface area contributed by atoms with E-state index in [1.807, 2.05) is 11.8 Å². The van der Waals surface area contributed by atoms with Gasteiger partial charge in [-0.1, -0.05) is 169 Å². The van der Waals surface area contributed by atoms with Gasteiger partial charge in [-0.2, -0.15) is 0 Å². The number of fused-ring (bicyclic) bond motifs is 1. The molecule has 1 aliphatic carbocycles. The molecule has 0 saturated carbocycles. The van der Waals surface area contributed by atoms with Gasteiger partial charge in [0.1, 0.15) is 0 Å². The zero-order chi connectivity index (χ0) is 44.2. The maximum atomic E-state index is 4.05. The average molecular weight is 854 g/mol. The quantitative estimate of drug-likeness (QED) is 0.102. The molecule has 5 aromatic rings. The van der Waals surface area contributed by atoms with Gasteiger partial charge in [-0.15, -0.1) is 0 Å². The van der Waals surface area contributed by atoms with Crippen LogP contribution in [0.5, 0.6) is 0 Å². The van der Waals surface area contributed by atoms with Crippen molar-refractivity contribution in [2.45, 2.75) is 87.8 Å². The number of thioether (sulfide) groups is 1. The van der Waals surface area contributed by atoms with Crippen LogP contribution in [-0.2, 0) is 29.9 Å². The molecule has 4 heteroatoms. The standard InChI is InChI=1S/C58H64N2S2/c1-57(2,3)47-34-46(35-48(37-47)58(4,5)6)56-43(27-26-41(25-24-40-18-13-11-14-19-40)51-32-30-49(59(7)8)38-53(51)61)22-17-23-44(56)28-29-45-36-54(42-20-15-12-16-21-42)62-55-39-50(60(9)10)31-33-52(45)55/h11-16,18-21,25-39,61H,17,22-24H2,1-10H3/p+1/b27-26+,41-25-,44-28+,45-29+. The number of allylic oxidation sites excluding steroid dienone is 11. The Hall–Kier alpha value is -5.16. The normalized spacial score (nSPS) is 16.2. The highest BCUT2D eigenvalue weighted by Gasteiger charge is 2.25. The van der Waals surface area contributed by atoms with E-state index in [9.17, 15) is 0 Å². The lowest BCUT2D eigenvalue weighted by atomic mass is 9.76. The van der Waals surface area contributed by atoms with Gasteiger partial charge in [0, 0.05) is 61.0 Å². The Morgan fingerprint density at radius 3 is 1.94 bits per heavy atom. The van der Waals surface area contributed by atoms with Crippen LogP contribution in [0.25, 0.3) is 21.6 Å². The molecule has 5 aromatic carbocycles. The first-order valence-electron chi connectivity index (χ1n) is 22.1. The fourth-order valence-electron chi connectivity index (χ4n) is 8.18. The Morgan fingerprint density at radius 2 is 1.31 bits per heavy atom. The molecule has 2 nitrogen and oxygen atoms in total. The van der Waals surface area contributed by atoms with Crippen LogP contribution in [-0.4, -0.2) is 28.2 Å². The van der Waals surface area contributed by atoms with Gasteiger partial charge in [0.15, 0.2) is 4.90 Å². The summed E-state index contributed by atoms with van der Waals surface area (Å²) in [6.07, 6.45) is 18.4. The molecule has 0 unspecified atom stereocenters. The van der Waals surface area contributed by atoms with Crippen LogP contribution >= 0.6 is 11.8 Å². The molecule has 1 heterocycles. The fourth-order valence-corrected chi connectivity index (χ4v) is 9.71. The molecule has 0 radical (unpaired) electrons. The van der Waals surface area contributed by atoms with Crippen molar-refractivity contribution in [2.75, 3.05) is 38.0 Å². The second-order valence-electron chi connectivity index (χ2n) is 19.2. The molecule has 0 bridgehead atoms. The van der Waals surface area contributed by atoms with Crippen LogP contribution in [0.3, 0.4) is 0 Å². The smallest absolute Gasteiger partial charge is 0.160 e. The van der Waals surface area contributed by atoms with Crippen molar-refractivity contribution in [2.24, 2.45) is 0 Å². The van der Waals surface area contributed by atoms with Crippen molar-refractivity contribution < 1.29 is 0 Å². The molecule has 0 spiro atoms. The number of rotatable bonds is 10. The van der Waals surface area contributed by atoms with Crippen molar-refractivity contribution in [1.82, 2.24) is 0 Å². The van der Waals surface area contributed by atoms with Crippen molar-refractivity contribution in [3.05, 3.63) is 202 Å². The maximum Gasteiger partial charge on any atom is 0.160 e. The molecular formula is C58H65N2S2+. The van der Waals surface area contributed by atoms with E-state index in [0.29, 0.717) is 0 Å². The topological polar surface area (TPSA) is 6.48 Å². The van der Waals surface area contributed by atoms with Crippen LogP contribution in [0.4, 0.5) is 11.4 Å². The second kappa shape index (κ2) is 19.1. The van der Waals surface area contributed by atoms with E-state index in [2.05, 4.69) is 244 Å². The molecule has 0 saturated heterocycles. The van der Waals surface area contributed by atoms with E-state index in [1.165, 1.54) is 88.0 Å². The molecule has 1 aliphatic heterocycles. The Labute approximate surface area is 383 Å². The predicted octanol–water partition coefficient (Wildman–Crippen LogP) is 14.8. The summed E-state index contributed by atoms with van der Waals surface area (Å²) < 4.78 is 0. The number of nitrogens with zero attached hydrogens (tertiary/aromatic N) is 2. The molecular weight excluding hydrogens is 789 g/mol. The van der Waals surface area contributed by atoms with Gasteiger partial charge in [-0.25, -0.2) is 0 Å². The Bertz CT molecular complexity index is 2570. The Balaban J connectivity index is 1.43. The molecule has 0 fully saturated rings. The van der Waals surface area contributed by atoms with Gasteiger partial charge < -0.3 is 9.80 Å². The van der Waals surface area contributed by atoms with Crippen molar-refractivity contribution in [3.8, 4) is 0 Å². The molecule has 0 aromatic heterocycles. The van der Waals surface area contributed by atoms with E-state index < -0.39 is 0 Å². The first kappa shape index (κ1) is 44.9. The molecule has 2 aliphatic rings. The molecule has 0 atom stereocenters. The third-order valence-electron chi connectivity index (χ3n) is 12.0. The SMILES string of the molecule is CN(C)c1ccc(C(=C\Cc2ccccc2)/C=C/C2=C(c3cc(C(C)(C)C)cc(C(C)(C)C)c3)C(=C/C=C3\C=C(c4ccccc4)Sc4cc(N(C)C)ccc43)/CCC2)c([SH2+])c1. The molecule has 0 amide bonds. The number of hydrogen-bond acceptors (Lipinski definition) is 3. The van der Waals surface area contributed by atoms with Gasteiger partial charge in [-0.3, -0.25) is 0 Å². The molecule has 0 N–H and O–H groups in total. The summed E-state index contributed by atoms with van der Waals surface area (Å²) in [6, 6.07) is 42.6. The van der Waals surface area contributed by atoms with E-state index in [0.717, 1.165) is 30.6 Å². The summed E-state index contributed by atoms with van der Waals surface area (Å²) in [5.74, 6) is 0. The monoisotopic (exact) mass is 853 g/mol. The van der Waals surface area contributed by atoms with Gasteiger partial charge in [0.05, 0.1) is 0 Å². The first-order chi connectivity index (χ1) is 29.5. The molecule has 7 rings (SSSR count). The summed E-state index contributed by atoms with van der Waals surface area (Å²) in [7, 11) is 8.43. The van der Waals surface area contributed by atoms with E-state index in [1.54, 1.807) is 0 Å². The van der Waals surface area contributed by atoms with Crippen molar-refractivity contribution in [1.29, 1.82) is 0 Å². The van der Waals surface area contributed by atoms with E-state index in [-0.39, 0.29) is 10.8 Å². The zero-order valence-electron chi connectivity index (χ0n) is 38.6. The van der Waals surface area contributed by atoms with E-state index in [4.69, 9.17) is 0 Å². The summed E-state index contributed by atoms with van der Waals surface area (Å²) in [4.78, 5) is 7.99. The lowest BCUT2D eigenvalue weighted by molar-refractivity contribution is 0.568. The summed E-state index contributed by atoms with van der Waals surface area (Å²) in [5, 5.41) is 0. The minimum Gasteiger partial charge on any atom is -0.378 e. The first-order valence-corrected chi connectivity index (χ1v) is 23.4. The largest absolute Gasteiger partial charge is 0.378 e. The van der Waals surface area contributed by atoms with Crippen LogP contribution < -0.4 is 9.80 Å². The Kier molecular flexibility index (Phi) is 13.8. The van der Waals surface area contributed by atoms with Crippen LogP contribution in [0, 0.1) is 0 Å². The number of benzene rings is 5. The van der Waals surface area contributed by atoms with Gasteiger partial charge in [-0.05, 0) is 141 Å². The highest BCUT2D eigenvalue weighted by atomic mass is 32.2. The minimum atomic E-state index is -0.00123. The molecule has 318 valence electrons. The van der Waals surface area contributed by atoms with Crippen LogP contribution in [0.2, 0.25) is 0 Å². The molecule has 62 heavy (non-hydrogen) atoms. The van der Waals surface area contributed by atoms with E-state index >= 15 is 0 Å². The summed E-state index contributed by atoms with van der Waals surface area (Å²) in [5.41, 5.74) is 18.0. The zero-order valence-corrected chi connectivity index (χ0v) is 40.4. The number of anilines is 2. The van der Waals surface area contributed by atoms with Crippen LogP contribution in [0.1, 0.15) is 99.7 Å². The van der Waals surface area contributed by atoms with Crippen molar-refractivity contribution in [3.63, 3.8) is 0 Å². The highest BCUT2D eigenvalue weighted by Crippen LogP contribution is 2.47. The lowest BCUT2D eigenvalue weighted by Crippen LogP contribution is -2.17. The van der Waals surface area contributed by atoms with Crippen molar-refractivity contribution >= 4 is 57.4 Å². The minimum absolute atomic E-state index is 0.00123. The third-order valence-corrected chi connectivity index (χ3v) is 13.5. The average Bonchev–Trinajstić information content (AvgIpc) is 3.25. The van der Waals surface area contributed by atoms with Gasteiger partial charge >= 0.3 is 0 Å². The number of hydrogen-bond donors (Lipinski definition) is 0. The third kappa shape index (κ3) is 10.7. The van der Waals surface area contributed by atoms with Gasteiger partial charge in [0.2, 0.25) is 0 Å². The predicted molar refractivity (Wildman–Crippen MR) is 278 cm³/mol. The maximum absolute atomic E-state index is 4.05. The second-order valence-corrected chi connectivity index (χ2v) is 20.8. The fraction of sp³-hybridized carbons (Fsp3) is 0.276.